The molecule has 94 valence electrons. The normalized spacial score (nSPS) is 17.4. The first-order valence-corrected chi connectivity index (χ1v) is 6.46. The Morgan fingerprint density at radius 2 is 2.06 bits per heavy atom. The van der Waals surface area contributed by atoms with Crippen LogP contribution in [0.2, 0.25) is 0 Å². The fourth-order valence-corrected chi connectivity index (χ4v) is 2.34. The minimum absolute atomic E-state index is 0.0875. The van der Waals surface area contributed by atoms with E-state index in [9.17, 15) is 4.79 Å². The smallest absolute Gasteiger partial charge is 0.341 e. The molecule has 3 heteroatoms. The average Bonchev–Trinajstić information content (AvgIpc) is 2.78. The van der Waals surface area contributed by atoms with E-state index in [1.165, 1.54) is 38.4 Å². The Bertz CT molecular complexity index is 373. The topological polar surface area (TPSA) is 39.4 Å². The molecule has 0 amide bonds. The summed E-state index contributed by atoms with van der Waals surface area (Å²) in [7, 11) is 0. The van der Waals surface area contributed by atoms with Crippen LogP contribution in [0.25, 0.3) is 0 Å². The van der Waals surface area contributed by atoms with Gasteiger partial charge in [-0.15, -0.1) is 0 Å². The van der Waals surface area contributed by atoms with Gasteiger partial charge in [0.1, 0.15) is 12.0 Å². The first kappa shape index (κ1) is 12.2. The Labute approximate surface area is 102 Å². The largest absolute Gasteiger partial charge is 0.468 e. The van der Waals surface area contributed by atoms with Crippen LogP contribution < -0.4 is 0 Å². The summed E-state index contributed by atoms with van der Waals surface area (Å²) in [4.78, 5) is 11.7. The Hall–Kier alpha value is -1.25. The third kappa shape index (κ3) is 3.11. The highest BCUT2D eigenvalue weighted by Gasteiger charge is 2.21. The van der Waals surface area contributed by atoms with Crippen molar-refractivity contribution in [2.45, 2.75) is 58.0 Å². The third-order valence-electron chi connectivity index (χ3n) is 3.21. The lowest BCUT2D eigenvalue weighted by atomic mass is 9.87. The molecule has 1 heterocycles. The molecule has 0 radical (unpaired) electrons. The quantitative estimate of drug-likeness (QED) is 0.747. The van der Waals surface area contributed by atoms with Crippen LogP contribution in [0.1, 0.15) is 68.0 Å². The molecular formula is C14H20O3. The Balaban J connectivity index is 2.02. The van der Waals surface area contributed by atoms with Crippen LogP contribution in [0, 0.1) is 0 Å². The average molecular weight is 236 g/mol. The van der Waals surface area contributed by atoms with Crippen LogP contribution in [-0.2, 0) is 4.74 Å². The van der Waals surface area contributed by atoms with Gasteiger partial charge in [-0.1, -0.05) is 19.3 Å². The number of hydrogen-bond acceptors (Lipinski definition) is 3. The van der Waals surface area contributed by atoms with Crippen molar-refractivity contribution in [3.63, 3.8) is 0 Å². The van der Waals surface area contributed by atoms with E-state index in [0.717, 1.165) is 5.76 Å². The van der Waals surface area contributed by atoms with Gasteiger partial charge in [-0.05, 0) is 32.8 Å². The van der Waals surface area contributed by atoms with E-state index >= 15 is 0 Å². The molecule has 0 bridgehead atoms. The molecule has 1 aromatic rings. The van der Waals surface area contributed by atoms with Gasteiger partial charge in [-0.2, -0.15) is 0 Å². The van der Waals surface area contributed by atoms with Crippen LogP contribution in [0.4, 0.5) is 0 Å². The van der Waals surface area contributed by atoms with E-state index in [-0.39, 0.29) is 12.1 Å². The molecule has 0 N–H and O–H groups in total. The molecular weight excluding hydrogens is 216 g/mol. The standard InChI is InChI=1S/C14H20O3/c1-10(2)17-14(15)12-8-13(16-9-12)11-6-4-3-5-7-11/h8-11H,3-7H2,1-2H3. The molecule has 0 atom stereocenters. The second-order valence-corrected chi connectivity index (χ2v) is 5.03. The van der Waals surface area contributed by atoms with E-state index in [0.29, 0.717) is 11.5 Å². The van der Waals surface area contributed by atoms with Crippen molar-refractivity contribution in [2.75, 3.05) is 0 Å². The predicted molar refractivity (Wildman–Crippen MR) is 65.1 cm³/mol. The summed E-state index contributed by atoms with van der Waals surface area (Å²) in [5, 5.41) is 0. The number of hydrogen-bond donors (Lipinski definition) is 0. The lowest BCUT2D eigenvalue weighted by molar-refractivity contribution is 0.0377. The van der Waals surface area contributed by atoms with Gasteiger partial charge in [-0.3, -0.25) is 0 Å². The lowest BCUT2D eigenvalue weighted by Gasteiger charge is -2.18. The number of carbonyl (C=O) groups is 1. The SMILES string of the molecule is CC(C)OC(=O)c1coc(C2CCCCC2)c1. The van der Waals surface area contributed by atoms with E-state index in [1.807, 2.05) is 19.9 Å². The first-order valence-electron chi connectivity index (χ1n) is 6.46. The molecule has 3 nitrogen and oxygen atoms in total. The maximum Gasteiger partial charge on any atom is 0.341 e. The van der Waals surface area contributed by atoms with Gasteiger partial charge in [0, 0.05) is 5.92 Å². The molecule has 1 aliphatic rings. The maximum atomic E-state index is 11.7. The minimum atomic E-state index is -0.286. The Morgan fingerprint density at radius 1 is 1.35 bits per heavy atom. The van der Waals surface area contributed by atoms with E-state index in [2.05, 4.69) is 0 Å². The summed E-state index contributed by atoms with van der Waals surface area (Å²) < 4.78 is 10.6. The second-order valence-electron chi connectivity index (χ2n) is 5.03. The highest BCUT2D eigenvalue weighted by Crippen LogP contribution is 2.33. The molecule has 0 aliphatic heterocycles. The predicted octanol–water partition coefficient (Wildman–Crippen LogP) is 3.89. The van der Waals surface area contributed by atoms with Gasteiger partial charge in [0.25, 0.3) is 0 Å². The van der Waals surface area contributed by atoms with Crippen molar-refractivity contribution in [3.05, 3.63) is 23.7 Å². The van der Waals surface area contributed by atoms with Crippen molar-refractivity contribution < 1.29 is 13.9 Å². The van der Waals surface area contributed by atoms with Crippen LogP contribution in [0.5, 0.6) is 0 Å². The van der Waals surface area contributed by atoms with Crippen molar-refractivity contribution in [3.8, 4) is 0 Å². The van der Waals surface area contributed by atoms with Gasteiger partial charge in [0.15, 0.2) is 0 Å². The van der Waals surface area contributed by atoms with Gasteiger partial charge in [0.05, 0.1) is 11.7 Å². The molecule has 0 unspecified atom stereocenters. The monoisotopic (exact) mass is 236 g/mol. The fourth-order valence-electron chi connectivity index (χ4n) is 2.34. The maximum absolute atomic E-state index is 11.7. The molecule has 0 spiro atoms. The number of rotatable bonds is 3. The molecule has 0 aromatic carbocycles. The molecule has 0 saturated heterocycles. The summed E-state index contributed by atoms with van der Waals surface area (Å²) in [5.41, 5.74) is 0.541. The van der Waals surface area contributed by atoms with Crippen LogP contribution in [-0.4, -0.2) is 12.1 Å². The number of esters is 1. The van der Waals surface area contributed by atoms with Crippen LogP contribution in [0.15, 0.2) is 16.7 Å². The number of carbonyl (C=O) groups excluding carboxylic acids is 1. The summed E-state index contributed by atoms with van der Waals surface area (Å²) >= 11 is 0. The van der Waals surface area contributed by atoms with Crippen LogP contribution >= 0.6 is 0 Å². The fraction of sp³-hybridized carbons (Fsp3) is 0.643. The molecule has 2 rings (SSSR count). The molecule has 1 fully saturated rings. The van der Waals surface area contributed by atoms with Crippen molar-refractivity contribution >= 4 is 5.97 Å². The Kier molecular flexibility index (Phi) is 3.87. The number of ether oxygens (including phenoxy) is 1. The van der Waals surface area contributed by atoms with E-state index < -0.39 is 0 Å². The zero-order valence-electron chi connectivity index (χ0n) is 10.6. The van der Waals surface area contributed by atoms with Crippen LogP contribution in [0.3, 0.4) is 0 Å². The Morgan fingerprint density at radius 3 is 2.71 bits per heavy atom. The lowest BCUT2D eigenvalue weighted by Crippen LogP contribution is -2.10. The minimum Gasteiger partial charge on any atom is -0.468 e. The summed E-state index contributed by atoms with van der Waals surface area (Å²) in [6.07, 6.45) is 7.62. The third-order valence-corrected chi connectivity index (χ3v) is 3.21. The van der Waals surface area contributed by atoms with E-state index in [1.54, 1.807) is 0 Å². The molecule has 1 aromatic heterocycles. The van der Waals surface area contributed by atoms with E-state index in [4.69, 9.17) is 9.15 Å². The van der Waals surface area contributed by atoms with Crippen molar-refractivity contribution in [1.82, 2.24) is 0 Å². The van der Waals surface area contributed by atoms with Crippen molar-refractivity contribution in [1.29, 1.82) is 0 Å². The van der Waals surface area contributed by atoms with Crippen molar-refractivity contribution in [2.24, 2.45) is 0 Å². The zero-order valence-corrected chi connectivity index (χ0v) is 10.6. The first-order chi connectivity index (χ1) is 8.16. The molecule has 1 aliphatic carbocycles. The molecule has 17 heavy (non-hydrogen) atoms. The van der Waals surface area contributed by atoms with Gasteiger partial charge < -0.3 is 9.15 Å². The van der Waals surface area contributed by atoms with Gasteiger partial charge in [0.2, 0.25) is 0 Å². The summed E-state index contributed by atoms with van der Waals surface area (Å²) in [6.45, 7) is 3.69. The number of furan rings is 1. The van der Waals surface area contributed by atoms with Gasteiger partial charge >= 0.3 is 5.97 Å². The van der Waals surface area contributed by atoms with Gasteiger partial charge in [-0.25, -0.2) is 4.79 Å². The highest BCUT2D eigenvalue weighted by atomic mass is 16.5. The highest BCUT2D eigenvalue weighted by molar-refractivity contribution is 5.89. The summed E-state index contributed by atoms with van der Waals surface area (Å²) in [6, 6.07) is 1.85. The zero-order chi connectivity index (χ0) is 12.3. The molecule has 1 saturated carbocycles. The second kappa shape index (κ2) is 5.39. The summed E-state index contributed by atoms with van der Waals surface area (Å²) in [5.74, 6) is 1.15.